The Labute approximate surface area is 347 Å². The van der Waals surface area contributed by atoms with Gasteiger partial charge in [0.2, 0.25) is 6.41 Å². The van der Waals surface area contributed by atoms with E-state index in [2.05, 4.69) is 6.08 Å². The van der Waals surface area contributed by atoms with E-state index in [1.54, 1.807) is 47.8 Å². The Bertz CT molecular complexity index is 1350. The van der Waals surface area contributed by atoms with Crippen LogP contribution >= 0.6 is 0 Å². The number of Topliss-reactive ketones (excluding diaryl/α,β-unsaturated/α-hetero) is 1. The number of methoxy groups -OCH3 is 4. The highest BCUT2D eigenvalue weighted by Crippen LogP contribution is 2.34. The van der Waals surface area contributed by atoms with Gasteiger partial charge in [-0.1, -0.05) is 70.6 Å². The fraction of sp³-hybridized carbons (Fsp3) is 0.756. The van der Waals surface area contributed by atoms with Crippen LogP contribution in [0.3, 0.4) is 0 Å². The van der Waals surface area contributed by atoms with Gasteiger partial charge in [0.1, 0.15) is 11.9 Å². The van der Waals surface area contributed by atoms with Crippen molar-refractivity contribution in [1.82, 2.24) is 4.90 Å². The summed E-state index contributed by atoms with van der Waals surface area (Å²) in [6.45, 7) is 11.0. The molecule has 15 atom stereocenters. The van der Waals surface area contributed by atoms with E-state index in [-0.39, 0.29) is 42.9 Å². The normalized spacial score (nSPS) is 32.8. The Hall–Kier alpha value is -2.75. The van der Waals surface area contributed by atoms with Gasteiger partial charge in [-0.15, -0.1) is 0 Å². The smallest absolute Gasteiger partial charge is 0.331 e. The SMILES string of the molecule is CO[C@H]([C@H](C)/C=C/N(C)C=O)[C@@H](C)C(=O)CC[C@H](C)[C@H](O)[C@H](C)[C@H]1OC(=O)/C=C\C(C)=C\C[C@H](O)C[C@@H]2C=CC[C@@H](C[C@H](OC)[C@@H](CO)[C@@H](OC)C[C@@H](OC)[C@@H]1C)O2. The molecule has 2 bridgehead atoms. The van der Waals surface area contributed by atoms with Gasteiger partial charge in [-0.25, -0.2) is 4.79 Å². The summed E-state index contributed by atoms with van der Waals surface area (Å²) in [5.74, 6) is -2.97. The molecule has 13 nitrogen and oxygen atoms in total. The summed E-state index contributed by atoms with van der Waals surface area (Å²) in [4.78, 5) is 39.3. The van der Waals surface area contributed by atoms with Crippen LogP contribution in [-0.2, 0) is 42.8 Å². The minimum atomic E-state index is -0.952. The molecule has 0 radical (unpaired) electrons. The van der Waals surface area contributed by atoms with Crippen molar-refractivity contribution in [3.05, 3.63) is 48.2 Å². The first-order valence-corrected chi connectivity index (χ1v) is 20.9. The zero-order valence-corrected chi connectivity index (χ0v) is 36.9. The Kier molecular flexibility index (Phi) is 23.4. The van der Waals surface area contributed by atoms with Crippen molar-refractivity contribution in [2.75, 3.05) is 42.1 Å². The van der Waals surface area contributed by atoms with Gasteiger partial charge in [-0.2, -0.15) is 0 Å². The van der Waals surface area contributed by atoms with Crippen molar-refractivity contribution in [1.29, 1.82) is 0 Å². The molecule has 3 N–H and O–H groups in total. The van der Waals surface area contributed by atoms with Crippen molar-refractivity contribution >= 4 is 18.2 Å². The Morgan fingerprint density at radius 1 is 1.00 bits per heavy atom. The molecule has 0 aromatic rings. The average molecular weight is 822 g/mol. The quantitative estimate of drug-likeness (QED) is 0.0997. The van der Waals surface area contributed by atoms with Gasteiger partial charge < -0.3 is 48.6 Å². The number of carbonyl (C=O) groups excluding carboxylic acids is 3. The van der Waals surface area contributed by atoms with Crippen molar-refractivity contribution in [2.24, 2.45) is 35.5 Å². The lowest BCUT2D eigenvalue weighted by atomic mass is 9.78. The minimum absolute atomic E-state index is 0.00449. The number of aliphatic hydroxyl groups is 3. The summed E-state index contributed by atoms with van der Waals surface area (Å²) >= 11 is 0. The lowest BCUT2D eigenvalue weighted by Gasteiger charge is -2.39. The molecule has 0 aromatic heterocycles. The first kappa shape index (κ1) is 51.4. The van der Waals surface area contributed by atoms with Crippen LogP contribution < -0.4 is 0 Å². The van der Waals surface area contributed by atoms with Crippen LogP contribution in [0.2, 0.25) is 0 Å². The van der Waals surface area contributed by atoms with Gasteiger partial charge in [0, 0.05) is 103 Å². The lowest BCUT2D eigenvalue weighted by molar-refractivity contribution is -0.159. The Balaban J connectivity index is 2.39. The number of ketones is 1. The lowest BCUT2D eigenvalue weighted by Crippen LogP contribution is -2.47. The van der Waals surface area contributed by atoms with Crippen molar-refractivity contribution < 1.29 is 58.1 Å². The second-order valence-electron chi connectivity index (χ2n) is 16.6. The van der Waals surface area contributed by atoms with Crippen molar-refractivity contribution in [3.63, 3.8) is 0 Å². The van der Waals surface area contributed by atoms with Gasteiger partial charge in [0.05, 0.1) is 55.4 Å². The van der Waals surface area contributed by atoms with E-state index in [1.165, 1.54) is 11.0 Å². The number of nitrogens with zero attached hydrogens (tertiary/aromatic N) is 1. The van der Waals surface area contributed by atoms with E-state index < -0.39 is 72.4 Å². The molecule has 0 aromatic carbocycles. The summed E-state index contributed by atoms with van der Waals surface area (Å²) in [6, 6.07) is 0. The topological polar surface area (TPSA) is 171 Å². The highest BCUT2D eigenvalue weighted by Gasteiger charge is 2.41. The fourth-order valence-electron chi connectivity index (χ4n) is 8.38. The predicted octanol–water partition coefficient (Wildman–Crippen LogP) is 5.21. The second kappa shape index (κ2) is 26.5. The third-order valence-electron chi connectivity index (χ3n) is 12.3. The maximum absolute atomic E-state index is 13.5. The van der Waals surface area contributed by atoms with Crippen LogP contribution in [0.1, 0.15) is 86.5 Å². The largest absolute Gasteiger partial charge is 0.458 e. The highest BCUT2D eigenvalue weighted by molar-refractivity contribution is 5.82. The molecular weight excluding hydrogens is 746 g/mol. The van der Waals surface area contributed by atoms with Crippen LogP contribution in [-0.4, -0.2) is 135 Å². The molecule has 0 saturated carbocycles. The molecule has 58 heavy (non-hydrogen) atoms. The summed E-state index contributed by atoms with van der Waals surface area (Å²) in [5.41, 5.74) is 0.777. The molecule has 0 aliphatic carbocycles. The van der Waals surface area contributed by atoms with Crippen LogP contribution in [0.5, 0.6) is 0 Å². The van der Waals surface area contributed by atoms with Crippen molar-refractivity contribution in [2.45, 2.75) is 141 Å². The van der Waals surface area contributed by atoms with Crippen LogP contribution in [0.15, 0.2) is 48.2 Å². The number of carbonyl (C=O) groups is 3. The zero-order chi connectivity index (χ0) is 43.5. The van der Waals surface area contributed by atoms with Crippen molar-refractivity contribution in [3.8, 4) is 0 Å². The van der Waals surface area contributed by atoms with Crippen LogP contribution in [0.4, 0.5) is 0 Å². The first-order chi connectivity index (χ1) is 27.5. The summed E-state index contributed by atoms with van der Waals surface area (Å²) in [5, 5.41) is 33.4. The summed E-state index contributed by atoms with van der Waals surface area (Å²) in [6.07, 6.45) is 11.2. The molecule has 2 rings (SSSR count). The van der Waals surface area contributed by atoms with E-state index in [4.69, 9.17) is 28.4 Å². The number of allylic oxidation sites excluding steroid dienone is 2. The molecule has 0 saturated heterocycles. The Morgan fingerprint density at radius 2 is 1.66 bits per heavy atom. The first-order valence-electron chi connectivity index (χ1n) is 20.9. The molecule has 332 valence electrons. The van der Waals surface area contributed by atoms with Gasteiger partial charge in [0.15, 0.2) is 0 Å². The van der Waals surface area contributed by atoms with E-state index in [1.807, 2.05) is 59.8 Å². The fourth-order valence-corrected chi connectivity index (χ4v) is 8.38. The molecule has 2 aliphatic heterocycles. The maximum atomic E-state index is 13.5. The number of amides is 1. The molecule has 0 spiro atoms. The predicted molar refractivity (Wildman–Crippen MR) is 222 cm³/mol. The minimum Gasteiger partial charge on any atom is -0.458 e. The van der Waals surface area contributed by atoms with Gasteiger partial charge in [0.25, 0.3) is 0 Å². The number of hydrogen-bond acceptors (Lipinski definition) is 12. The van der Waals surface area contributed by atoms with Gasteiger partial charge >= 0.3 is 5.97 Å². The highest BCUT2D eigenvalue weighted by atomic mass is 16.5. The van der Waals surface area contributed by atoms with Crippen LogP contribution in [0.25, 0.3) is 0 Å². The van der Waals surface area contributed by atoms with E-state index in [9.17, 15) is 29.7 Å². The van der Waals surface area contributed by atoms with E-state index >= 15 is 0 Å². The van der Waals surface area contributed by atoms with Gasteiger partial charge in [-0.05, 0) is 32.1 Å². The number of hydrogen-bond donors (Lipinski definition) is 3. The molecule has 0 fully saturated rings. The number of esters is 1. The standard InChI is InChI=1S/C45H75NO12/c1-28-15-18-34(49)23-35-13-12-14-36(57-35)24-40(54-9)37(26-47)41(55-10)25-39(53-8)32(5)45(58-42(51)20-16-28)33(6)43(52)29(2)17-19-38(50)31(4)44(56-11)30(3)21-22-46(7)27-48/h12-13,15-16,20-22,27,29-37,39-41,43-45,47,49,52H,14,17-19,23-26H2,1-11H3/b20-16-,22-21+,28-15+/t29-,30+,31-,32-,33-,34-,35-,36-,37+,39+,40-,41-,43-,44+,45-/m0/s1. The third-order valence-corrected chi connectivity index (χ3v) is 12.3. The monoisotopic (exact) mass is 822 g/mol. The van der Waals surface area contributed by atoms with Gasteiger partial charge in [-0.3, -0.25) is 9.59 Å². The number of aliphatic hydroxyl groups excluding tert-OH is 3. The Morgan fingerprint density at radius 3 is 2.26 bits per heavy atom. The number of fused-ring (bicyclic) bond motifs is 2. The van der Waals surface area contributed by atoms with Crippen LogP contribution in [0, 0.1) is 35.5 Å². The molecule has 2 heterocycles. The molecule has 2 aliphatic rings. The summed E-state index contributed by atoms with van der Waals surface area (Å²) < 4.78 is 36.3. The molecule has 1 amide bonds. The number of ether oxygens (including phenoxy) is 6. The van der Waals surface area contributed by atoms with E-state index in [0.29, 0.717) is 44.9 Å². The van der Waals surface area contributed by atoms with E-state index in [0.717, 1.165) is 5.57 Å². The third kappa shape index (κ3) is 16.0. The summed E-state index contributed by atoms with van der Waals surface area (Å²) in [7, 11) is 7.97. The molecule has 0 unspecified atom stereocenters. The molecule has 13 heteroatoms. The second-order valence-corrected chi connectivity index (χ2v) is 16.6. The molecular formula is C45H75NO12. The maximum Gasteiger partial charge on any atom is 0.331 e. The average Bonchev–Trinajstić information content (AvgIpc) is 3.22. The zero-order valence-electron chi connectivity index (χ0n) is 36.9. The number of cyclic esters (lactones) is 1. The number of rotatable bonds is 17.